The molecule has 0 fully saturated rings. The van der Waals surface area contributed by atoms with E-state index in [1.165, 1.54) is 6.20 Å². The number of nitriles is 1. The third kappa shape index (κ3) is 3.45. The van der Waals surface area contributed by atoms with Gasteiger partial charge in [-0.05, 0) is 48.0 Å². The number of hydrogen-bond donors (Lipinski definition) is 1. The molecule has 5 aromatic rings. The van der Waals surface area contributed by atoms with Crippen LogP contribution in [0.3, 0.4) is 0 Å². The van der Waals surface area contributed by atoms with Gasteiger partial charge in [0.25, 0.3) is 5.89 Å². The summed E-state index contributed by atoms with van der Waals surface area (Å²) in [6.45, 7) is 0. The number of nitrogens with zero attached hydrogens (tertiary/aromatic N) is 4. The second-order valence-corrected chi connectivity index (χ2v) is 7.20. The van der Waals surface area contributed by atoms with Crippen molar-refractivity contribution < 1.29 is 4.42 Å². The predicted octanol–water partition coefficient (Wildman–Crippen LogP) is 4.83. The Balaban J connectivity index is 1.57. The molecule has 2 aromatic carbocycles. The van der Waals surface area contributed by atoms with Crippen LogP contribution < -0.4 is 5.43 Å². The van der Waals surface area contributed by atoms with Gasteiger partial charge in [-0.25, -0.2) is 4.98 Å². The van der Waals surface area contributed by atoms with Crippen molar-refractivity contribution in [3.05, 3.63) is 87.8 Å². The SMILES string of the molecule is N#Cc1ccc(-c2cnc3[nH]cc(-c4nnc(-c5ccc(Cl)cc5)o4)c(=O)c3c2)cc1. The maximum atomic E-state index is 13.2. The summed E-state index contributed by atoms with van der Waals surface area (Å²) >= 11 is 5.92. The third-order valence-electron chi connectivity index (χ3n) is 4.82. The minimum absolute atomic E-state index is 0.108. The van der Waals surface area contributed by atoms with Gasteiger partial charge >= 0.3 is 0 Å². The molecule has 0 aliphatic rings. The maximum absolute atomic E-state index is 13.2. The molecule has 0 radical (unpaired) electrons. The molecule has 0 amide bonds. The summed E-state index contributed by atoms with van der Waals surface area (Å²) in [5, 5.41) is 18.0. The highest BCUT2D eigenvalue weighted by Crippen LogP contribution is 2.25. The van der Waals surface area contributed by atoms with Crippen LogP contribution >= 0.6 is 11.6 Å². The van der Waals surface area contributed by atoms with E-state index < -0.39 is 0 Å². The summed E-state index contributed by atoms with van der Waals surface area (Å²) in [6.07, 6.45) is 3.18. The van der Waals surface area contributed by atoms with Crippen molar-refractivity contribution >= 4 is 22.6 Å². The number of hydrogen-bond acceptors (Lipinski definition) is 6. The maximum Gasteiger partial charge on any atom is 0.253 e. The van der Waals surface area contributed by atoms with Crippen molar-refractivity contribution in [2.24, 2.45) is 0 Å². The molecule has 1 N–H and O–H groups in total. The van der Waals surface area contributed by atoms with Gasteiger partial charge in [-0.15, -0.1) is 10.2 Å². The zero-order valence-corrected chi connectivity index (χ0v) is 16.6. The van der Waals surface area contributed by atoms with E-state index in [-0.39, 0.29) is 22.8 Å². The lowest BCUT2D eigenvalue weighted by Crippen LogP contribution is -2.07. The zero-order valence-electron chi connectivity index (χ0n) is 15.8. The molecule has 148 valence electrons. The second kappa shape index (κ2) is 7.52. The summed E-state index contributed by atoms with van der Waals surface area (Å²) in [5.74, 6) is 0.396. The smallest absolute Gasteiger partial charge is 0.253 e. The molecule has 7 nitrogen and oxygen atoms in total. The molecular formula is C23H12ClN5O2. The molecule has 0 unspecified atom stereocenters. The molecule has 0 saturated carbocycles. The molecule has 0 bridgehead atoms. The number of aromatic nitrogens is 4. The van der Waals surface area contributed by atoms with Crippen LogP contribution in [0.1, 0.15) is 5.56 Å². The number of nitrogens with one attached hydrogen (secondary N) is 1. The quantitative estimate of drug-likeness (QED) is 0.443. The van der Waals surface area contributed by atoms with Crippen LogP contribution in [0.4, 0.5) is 0 Å². The van der Waals surface area contributed by atoms with E-state index in [4.69, 9.17) is 21.3 Å². The fraction of sp³-hybridized carbons (Fsp3) is 0. The minimum Gasteiger partial charge on any atom is -0.416 e. The molecule has 3 heterocycles. The normalized spacial score (nSPS) is 10.8. The van der Waals surface area contributed by atoms with Gasteiger partial charge in [0.15, 0.2) is 0 Å². The van der Waals surface area contributed by atoms with Gasteiger partial charge in [0.2, 0.25) is 11.3 Å². The summed E-state index contributed by atoms with van der Waals surface area (Å²) in [7, 11) is 0. The molecule has 0 aliphatic heterocycles. The topological polar surface area (TPSA) is 108 Å². The van der Waals surface area contributed by atoms with E-state index in [1.807, 2.05) is 12.1 Å². The van der Waals surface area contributed by atoms with E-state index in [1.54, 1.807) is 48.7 Å². The van der Waals surface area contributed by atoms with Crippen LogP contribution in [0.15, 0.2) is 76.2 Å². The van der Waals surface area contributed by atoms with Crippen LogP contribution in [-0.2, 0) is 0 Å². The summed E-state index contributed by atoms with van der Waals surface area (Å²) in [5.41, 5.74) is 3.29. The van der Waals surface area contributed by atoms with Crippen molar-refractivity contribution in [3.8, 4) is 40.1 Å². The Morgan fingerprint density at radius 3 is 2.39 bits per heavy atom. The van der Waals surface area contributed by atoms with Crippen molar-refractivity contribution in [1.82, 2.24) is 20.2 Å². The predicted molar refractivity (Wildman–Crippen MR) is 116 cm³/mol. The van der Waals surface area contributed by atoms with E-state index in [0.29, 0.717) is 27.2 Å². The van der Waals surface area contributed by atoms with Gasteiger partial charge in [-0.2, -0.15) is 5.26 Å². The Bertz CT molecular complexity index is 1510. The van der Waals surface area contributed by atoms with Gasteiger partial charge in [-0.1, -0.05) is 23.7 Å². The lowest BCUT2D eigenvalue weighted by Gasteiger charge is -2.04. The van der Waals surface area contributed by atoms with Gasteiger partial charge in [0.1, 0.15) is 11.2 Å². The van der Waals surface area contributed by atoms with Gasteiger partial charge in [0, 0.05) is 28.5 Å². The van der Waals surface area contributed by atoms with Crippen molar-refractivity contribution in [2.75, 3.05) is 0 Å². The number of benzene rings is 2. The zero-order chi connectivity index (χ0) is 21.4. The largest absolute Gasteiger partial charge is 0.416 e. The van der Waals surface area contributed by atoms with Gasteiger partial charge in [0.05, 0.1) is 17.0 Å². The number of halogens is 1. The highest BCUT2D eigenvalue weighted by Gasteiger charge is 2.16. The number of pyridine rings is 2. The minimum atomic E-state index is -0.275. The van der Waals surface area contributed by atoms with Crippen molar-refractivity contribution in [1.29, 1.82) is 5.26 Å². The first-order chi connectivity index (χ1) is 15.1. The Morgan fingerprint density at radius 1 is 0.935 bits per heavy atom. The lowest BCUT2D eigenvalue weighted by molar-refractivity contribution is 0.584. The highest BCUT2D eigenvalue weighted by molar-refractivity contribution is 6.30. The highest BCUT2D eigenvalue weighted by atomic mass is 35.5. The molecule has 0 saturated heterocycles. The van der Waals surface area contributed by atoms with Crippen LogP contribution in [-0.4, -0.2) is 20.2 Å². The fourth-order valence-corrected chi connectivity index (χ4v) is 3.33. The van der Waals surface area contributed by atoms with Crippen LogP contribution in [0, 0.1) is 11.3 Å². The Morgan fingerprint density at radius 2 is 1.65 bits per heavy atom. The summed E-state index contributed by atoms with van der Waals surface area (Å²) in [4.78, 5) is 20.5. The molecule has 3 aromatic heterocycles. The molecule has 8 heteroatoms. The third-order valence-corrected chi connectivity index (χ3v) is 5.08. The average molecular weight is 426 g/mol. The molecule has 0 aliphatic carbocycles. The molecule has 5 rings (SSSR count). The Labute approximate surface area is 180 Å². The molecule has 31 heavy (non-hydrogen) atoms. The Kier molecular flexibility index (Phi) is 4.54. The van der Waals surface area contributed by atoms with Gasteiger partial charge in [-0.3, -0.25) is 4.79 Å². The van der Waals surface area contributed by atoms with Crippen LogP contribution in [0.25, 0.3) is 45.1 Å². The second-order valence-electron chi connectivity index (χ2n) is 6.76. The number of fused-ring (bicyclic) bond motifs is 1. The van der Waals surface area contributed by atoms with E-state index in [0.717, 1.165) is 11.1 Å². The molecular weight excluding hydrogens is 414 g/mol. The monoisotopic (exact) mass is 425 g/mol. The molecule has 0 atom stereocenters. The van der Waals surface area contributed by atoms with Gasteiger partial charge < -0.3 is 9.40 Å². The van der Waals surface area contributed by atoms with Crippen LogP contribution in [0.2, 0.25) is 5.02 Å². The first kappa shape index (κ1) is 18.7. The first-order valence-corrected chi connectivity index (χ1v) is 9.62. The first-order valence-electron chi connectivity index (χ1n) is 9.24. The van der Waals surface area contributed by atoms with Crippen molar-refractivity contribution in [2.45, 2.75) is 0 Å². The Hall–Kier alpha value is -4.28. The van der Waals surface area contributed by atoms with E-state index in [2.05, 4.69) is 26.2 Å². The molecule has 0 spiro atoms. The van der Waals surface area contributed by atoms with Crippen LogP contribution in [0.5, 0.6) is 0 Å². The number of rotatable bonds is 3. The lowest BCUT2D eigenvalue weighted by atomic mass is 10.0. The summed E-state index contributed by atoms with van der Waals surface area (Å²) in [6, 6.07) is 17.9. The fourth-order valence-electron chi connectivity index (χ4n) is 3.20. The number of aromatic amines is 1. The van der Waals surface area contributed by atoms with Crippen molar-refractivity contribution in [3.63, 3.8) is 0 Å². The van der Waals surface area contributed by atoms with E-state index in [9.17, 15) is 4.79 Å². The average Bonchev–Trinajstić information content (AvgIpc) is 3.30. The standard InChI is InChI=1S/C23H12ClN5O2/c24-17-7-5-15(6-8-17)22-28-29-23(31-22)19-12-27-21-18(20(19)30)9-16(11-26-21)14-3-1-13(10-25)2-4-14/h1-9,11-12H,(H,26,27,30). The number of H-pyrrole nitrogens is 1. The summed E-state index contributed by atoms with van der Waals surface area (Å²) < 4.78 is 5.73. The van der Waals surface area contributed by atoms with E-state index >= 15 is 0 Å².